The van der Waals surface area contributed by atoms with E-state index in [1.807, 2.05) is 0 Å². The Morgan fingerprint density at radius 3 is 2.92 bits per heavy atom. The van der Waals surface area contributed by atoms with Gasteiger partial charge in [-0.05, 0) is 25.7 Å². The van der Waals surface area contributed by atoms with E-state index in [0.29, 0.717) is 12.8 Å². The first-order chi connectivity index (χ1) is 6.08. The van der Waals surface area contributed by atoms with Crippen LogP contribution in [0.1, 0.15) is 25.7 Å². The Labute approximate surface area is 77.1 Å². The highest BCUT2D eigenvalue weighted by molar-refractivity contribution is 5.65. The van der Waals surface area contributed by atoms with E-state index in [-0.39, 0.29) is 0 Å². The van der Waals surface area contributed by atoms with Gasteiger partial charge in [-0.25, -0.2) is 4.79 Å². The number of carbonyl (C=O) groups is 1. The van der Waals surface area contributed by atoms with Crippen LogP contribution >= 0.6 is 0 Å². The molecule has 4 nitrogen and oxygen atoms in total. The molecule has 1 amide bonds. The highest BCUT2D eigenvalue weighted by Gasteiger charge is 2.39. The first kappa shape index (κ1) is 9.87. The molecule has 0 radical (unpaired) electrons. The predicted octanol–water partition coefficient (Wildman–Crippen LogP) is 0.389. The molecule has 13 heavy (non-hydrogen) atoms. The third-order valence-electron chi connectivity index (χ3n) is 2.32. The van der Waals surface area contributed by atoms with Gasteiger partial charge < -0.3 is 15.6 Å². The van der Waals surface area contributed by atoms with Crippen LogP contribution in [0.15, 0.2) is 0 Å². The highest BCUT2D eigenvalue weighted by Crippen LogP contribution is 2.30. The van der Waals surface area contributed by atoms with E-state index in [4.69, 9.17) is 16.9 Å². The second-order valence-corrected chi connectivity index (χ2v) is 3.24. The van der Waals surface area contributed by atoms with Crippen molar-refractivity contribution in [2.75, 3.05) is 0 Å². The Morgan fingerprint density at radius 1 is 1.69 bits per heavy atom. The van der Waals surface area contributed by atoms with E-state index in [1.54, 1.807) is 0 Å². The van der Waals surface area contributed by atoms with Crippen molar-refractivity contribution < 1.29 is 14.6 Å². The largest absolute Gasteiger partial charge is 0.442 e. The zero-order valence-electron chi connectivity index (χ0n) is 7.32. The third-order valence-corrected chi connectivity index (χ3v) is 2.32. The van der Waals surface area contributed by atoms with Gasteiger partial charge in [0, 0.05) is 0 Å². The molecule has 0 bridgehead atoms. The Balaban J connectivity index is 2.69. The maximum absolute atomic E-state index is 10.5. The first-order valence-electron chi connectivity index (χ1n) is 4.25. The van der Waals surface area contributed by atoms with Crippen LogP contribution in [0.25, 0.3) is 0 Å². The smallest absolute Gasteiger partial charge is 0.404 e. The topological polar surface area (TPSA) is 72.6 Å². The second kappa shape index (κ2) is 3.67. The van der Waals surface area contributed by atoms with Crippen LogP contribution in [0.5, 0.6) is 0 Å². The Morgan fingerprint density at radius 2 is 2.38 bits per heavy atom. The van der Waals surface area contributed by atoms with Crippen LogP contribution in [-0.2, 0) is 4.74 Å². The molecule has 2 atom stereocenters. The van der Waals surface area contributed by atoms with Crippen molar-refractivity contribution >= 4 is 6.09 Å². The summed E-state index contributed by atoms with van der Waals surface area (Å²) in [6.07, 6.45) is 6.40. The number of amides is 1. The number of nitrogens with two attached hydrogens (primary N) is 1. The number of hydrogen-bond donors (Lipinski definition) is 2. The lowest BCUT2D eigenvalue weighted by molar-refractivity contribution is -0.0629. The fraction of sp³-hybridized carbons (Fsp3) is 0.667. The lowest BCUT2D eigenvalue weighted by atomic mass is 9.83. The fourth-order valence-electron chi connectivity index (χ4n) is 1.59. The molecule has 4 heteroatoms. The van der Waals surface area contributed by atoms with Crippen LogP contribution in [0.2, 0.25) is 0 Å². The van der Waals surface area contributed by atoms with Crippen LogP contribution < -0.4 is 5.73 Å². The minimum atomic E-state index is -1.33. The molecular formula is C9H13NO3. The number of aliphatic hydroxyl groups is 1. The monoisotopic (exact) mass is 183 g/mol. The van der Waals surface area contributed by atoms with Crippen LogP contribution in [0, 0.1) is 12.3 Å². The maximum atomic E-state index is 10.5. The quantitative estimate of drug-likeness (QED) is 0.577. The van der Waals surface area contributed by atoms with E-state index in [1.165, 1.54) is 0 Å². The predicted molar refractivity (Wildman–Crippen MR) is 46.7 cm³/mol. The third kappa shape index (κ3) is 2.13. The van der Waals surface area contributed by atoms with Crippen LogP contribution in [0.3, 0.4) is 0 Å². The SMILES string of the molecule is C#C[C@]1(O)CCCC[C@H]1OC(N)=O. The lowest BCUT2D eigenvalue weighted by Crippen LogP contribution is -2.46. The Kier molecular flexibility index (Phi) is 2.79. The van der Waals surface area contributed by atoms with Gasteiger partial charge in [0.2, 0.25) is 0 Å². The van der Waals surface area contributed by atoms with Gasteiger partial charge in [-0.15, -0.1) is 6.42 Å². The Bertz CT molecular complexity index is 246. The van der Waals surface area contributed by atoms with E-state index in [0.717, 1.165) is 12.8 Å². The molecule has 72 valence electrons. The van der Waals surface area contributed by atoms with Crippen molar-refractivity contribution in [3.8, 4) is 12.3 Å². The molecule has 3 N–H and O–H groups in total. The van der Waals surface area contributed by atoms with Crippen molar-refractivity contribution in [3.05, 3.63) is 0 Å². The number of ether oxygens (including phenoxy) is 1. The summed E-state index contributed by atoms with van der Waals surface area (Å²) in [7, 11) is 0. The molecule has 0 aromatic carbocycles. The zero-order chi connectivity index (χ0) is 9.90. The van der Waals surface area contributed by atoms with Gasteiger partial charge in [0.25, 0.3) is 0 Å². The molecule has 0 heterocycles. The molecule has 0 saturated heterocycles. The average Bonchev–Trinajstić information content (AvgIpc) is 2.09. The molecule has 1 aliphatic carbocycles. The molecule has 1 saturated carbocycles. The van der Waals surface area contributed by atoms with Gasteiger partial charge in [0.1, 0.15) is 6.10 Å². The van der Waals surface area contributed by atoms with Crippen molar-refractivity contribution in [2.45, 2.75) is 37.4 Å². The molecular weight excluding hydrogens is 170 g/mol. The molecule has 1 rings (SSSR count). The number of rotatable bonds is 1. The van der Waals surface area contributed by atoms with E-state index in [2.05, 4.69) is 5.92 Å². The fourth-order valence-corrected chi connectivity index (χ4v) is 1.59. The summed E-state index contributed by atoms with van der Waals surface area (Å²) < 4.78 is 4.74. The van der Waals surface area contributed by atoms with Crippen LogP contribution in [-0.4, -0.2) is 22.9 Å². The molecule has 0 unspecified atom stereocenters. The van der Waals surface area contributed by atoms with Crippen molar-refractivity contribution in [2.24, 2.45) is 5.73 Å². The summed E-state index contributed by atoms with van der Waals surface area (Å²) in [5.74, 6) is 2.26. The standard InChI is InChI=1S/C9H13NO3/c1-2-9(12)6-4-3-5-7(9)13-8(10)11/h1,7,12H,3-6H2,(H2,10,11)/t7-,9+/m1/s1. The Hall–Kier alpha value is -1.21. The molecule has 1 fully saturated rings. The van der Waals surface area contributed by atoms with Gasteiger partial charge in [-0.2, -0.15) is 0 Å². The summed E-state index contributed by atoms with van der Waals surface area (Å²) in [6.45, 7) is 0. The zero-order valence-corrected chi connectivity index (χ0v) is 7.32. The van der Waals surface area contributed by atoms with Gasteiger partial charge >= 0.3 is 6.09 Å². The average molecular weight is 183 g/mol. The summed E-state index contributed by atoms with van der Waals surface area (Å²) in [5.41, 5.74) is 3.53. The summed E-state index contributed by atoms with van der Waals surface area (Å²) in [5, 5.41) is 9.82. The van der Waals surface area contributed by atoms with E-state index < -0.39 is 17.8 Å². The lowest BCUT2D eigenvalue weighted by Gasteiger charge is -2.34. The summed E-state index contributed by atoms with van der Waals surface area (Å²) in [6, 6.07) is 0. The van der Waals surface area contributed by atoms with Crippen LogP contribution in [0.4, 0.5) is 4.79 Å². The molecule has 0 aromatic heterocycles. The summed E-state index contributed by atoms with van der Waals surface area (Å²) >= 11 is 0. The van der Waals surface area contributed by atoms with Gasteiger partial charge in [-0.1, -0.05) is 5.92 Å². The number of hydrogen-bond acceptors (Lipinski definition) is 3. The van der Waals surface area contributed by atoms with Crippen molar-refractivity contribution in [3.63, 3.8) is 0 Å². The highest BCUT2D eigenvalue weighted by atomic mass is 16.6. The molecule has 0 aromatic rings. The minimum Gasteiger partial charge on any atom is -0.442 e. The number of terminal acetylenes is 1. The van der Waals surface area contributed by atoms with Gasteiger partial charge in [0.15, 0.2) is 5.60 Å². The normalized spacial score (nSPS) is 33.4. The number of primary amides is 1. The van der Waals surface area contributed by atoms with Crippen molar-refractivity contribution in [1.29, 1.82) is 0 Å². The maximum Gasteiger partial charge on any atom is 0.404 e. The van der Waals surface area contributed by atoms with E-state index in [9.17, 15) is 9.90 Å². The van der Waals surface area contributed by atoms with Gasteiger partial charge in [0.05, 0.1) is 0 Å². The van der Waals surface area contributed by atoms with Crippen molar-refractivity contribution in [1.82, 2.24) is 0 Å². The molecule has 0 aliphatic heterocycles. The minimum absolute atomic E-state index is 0.460. The first-order valence-corrected chi connectivity index (χ1v) is 4.25. The second-order valence-electron chi connectivity index (χ2n) is 3.24. The molecule has 1 aliphatic rings. The summed E-state index contributed by atoms with van der Waals surface area (Å²) in [4.78, 5) is 10.5. The number of carbonyl (C=O) groups excluding carboxylic acids is 1. The molecule has 0 spiro atoms. The van der Waals surface area contributed by atoms with Gasteiger partial charge in [-0.3, -0.25) is 0 Å². The van der Waals surface area contributed by atoms with E-state index >= 15 is 0 Å².